The molecule has 0 bridgehead atoms. The fourth-order valence-electron chi connectivity index (χ4n) is 3.50. The highest BCUT2D eigenvalue weighted by Gasteiger charge is 2.43. The zero-order valence-corrected chi connectivity index (χ0v) is 16.1. The van der Waals surface area contributed by atoms with Crippen molar-refractivity contribution < 1.29 is 9.59 Å². The van der Waals surface area contributed by atoms with Crippen LogP contribution in [0.5, 0.6) is 0 Å². The van der Waals surface area contributed by atoms with Crippen LogP contribution in [0.25, 0.3) is 0 Å². The summed E-state index contributed by atoms with van der Waals surface area (Å²) in [5.74, 6) is 1.04. The first-order chi connectivity index (χ1) is 12.6. The topological polar surface area (TPSA) is 85.5 Å². The van der Waals surface area contributed by atoms with Gasteiger partial charge in [0.2, 0.25) is 5.91 Å². The maximum atomic E-state index is 12.8. The quantitative estimate of drug-likeness (QED) is 0.586. The number of fused-ring (bicyclic) bond motifs is 1. The number of hydrogen-bond donors (Lipinski definition) is 4. The first-order valence-electron chi connectivity index (χ1n) is 9.14. The van der Waals surface area contributed by atoms with Gasteiger partial charge in [-0.25, -0.2) is 10.2 Å². The summed E-state index contributed by atoms with van der Waals surface area (Å²) >= 11 is 1.75. The van der Waals surface area contributed by atoms with E-state index in [0.29, 0.717) is 13.1 Å². The molecule has 2 aliphatic heterocycles. The van der Waals surface area contributed by atoms with Crippen LogP contribution in [0, 0.1) is 5.92 Å². The van der Waals surface area contributed by atoms with E-state index in [1.54, 1.807) is 18.8 Å². The van der Waals surface area contributed by atoms with Crippen molar-refractivity contribution >= 4 is 29.4 Å². The molecule has 0 saturated carbocycles. The van der Waals surface area contributed by atoms with E-state index in [-0.39, 0.29) is 29.9 Å². The summed E-state index contributed by atoms with van der Waals surface area (Å²) in [4.78, 5) is 27.7. The minimum absolute atomic E-state index is 0.0476. The molecule has 0 aliphatic carbocycles. The SMILES string of the molecule is CCCSc1ccccc1NC(=O)N1CCC2NNC(C(=O)NC)C2C1. The largest absolute Gasteiger partial charge is 0.358 e. The molecule has 7 nitrogen and oxygen atoms in total. The summed E-state index contributed by atoms with van der Waals surface area (Å²) < 4.78 is 0. The monoisotopic (exact) mass is 377 g/mol. The predicted octanol–water partition coefficient (Wildman–Crippen LogP) is 1.63. The Bertz CT molecular complexity index is 656. The van der Waals surface area contributed by atoms with E-state index in [1.165, 1.54) is 0 Å². The van der Waals surface area contributed by atoms with E-state index >= 15 is 0 Å². The molecule has 142 valence electrons. The van der Waals surface area contributed by atoms with Crippen molar-refractivity contribution in [3.8, 4) is 0 Å². The van der Waals surface area contributed by atoms with Crippen molar-refractivity contribution in [2.24, 2.45) is 5.92 Å². The molecule has 4 N–H and O–H groups in total. The first kappa shape index (κ1) is 19.0. The number of amides is 3. The number of hydrazine groups is 1. The second-order valence-electron chi connectivity index (χ2n) is 6.66. The molecule has 1 aromatic carbocycles. The number of piperidine rings is 1. The number of para-hydroxylation sites is 1. The van der Waals surface area contributed by atoms with E-state index in [4.69, 9.17) is 0 Å². The van der Waals surface area contributed by atoms with Crippen LogP contribution in [0.4, 0.5) is 10.5 Å². The second kappa shape index (κ2) is 8.75. The van der Waals surface area contributed by atoms with Gasteiger partial charge in [-0.3, -0.25) is 10.2 Å². The Kier molecular flexibility index (Phi) is 6.39. The van der Waals surface area contributed by atoms with Gasteiger partial charge in [-0.2, -0.15) is 0 Å². The molecule has 3 rings (SSSR count). The number of nitrogens with zero attached hydrogens (tertiary/aromatic N) is 1. The van der Waals surface area contributed by atoms with Crippen LogP contribution in [0.3, 0.4) is 0 Å². The minimum atomic E-state index is -0.312. The molecule has 2 heterocycles. The molecule has 1 aromatic rings. The number of rotatable bonds is 5. The van der Waals surface area contributed by atoms with Crippen molar-refractivity contribution in [2.45, 2.75) is 36.7 Å². The van der Waals surface area contributed by atoms with E-state index < -0.39 is 0 Å². The lowest BCUT2D eigenvalue weighted by Crippen LogP contribution is -2.52. The second-order valence-corrected chi connectivity index (χ2v) is 7.80. The van der Waals surface area contributed by atoms with Crippen LogP contribution in [-0.2, 0) is 4.79 Å². The van der Waals surface area contributed by atoms with Crippen LogP contribution in [0.2, 0.25) is 0 Å². The highest BCUT2D eigenvalue weighted by molar-refractivity contribution is 7.99. The van der Waals surface area contributed by atoms with E-state index in [0.717, 1.165) is 29.2 Å². The third-order valence-corrected chi connectivity index (χ3v) is 6.20. The molecule has 2 saturated heterocycles. The molecular weight excluding hydrogens is 350 g/mol. The smallest absolute Gasteiger partial charge is 0.321 e. The number of likely N-dealkylation sites (N-methyl/N-ethyl adjacent to an activating group) is 1. The number of benzene rings is 1. The van der Waals surface area contributed by atoms with Gasteiger partial charge in [0.15, 0.2) is 0 Å². The van der Waals surface area contributed by atoms with E-state index in [2.05, 4.69) is 28.4 Å². The summed E-state index contributed by atoms with van der Waals surface area (Å²) in [5.41, 5.74) is 7.11. The van der Waals surface area contributed by atoms with Crippen LogP contribution < -0.4 is 21.5 Å². The average molecular weight is 378 g/mol. The molecular formula is C18H27N5O2S. The van der Waals surface area contributed by atoms with Gasteiger partial charge in [-0.05, 0) is 30.7 Å². The lowest BCUT2D eigenvalue weighted by molar-refractivity contribution is -0.123. The van der Waals surface area contributed by atoms with Crippen molar-refractivity contribution in [3.63, 3.8) is 0 Å². The van der Waals surface area contributed by atoms with Crippen LogP contribution >= 0.6 is 11.8 Å². The van der Waals surface area contributed by atoms with Crippen LogP contribution in [0.1, 0.15) is 19.8 Å². The number of anilines is 1. The Hall–Kier alpha value is -1.77. The van der Waals surface area contributed by atoms with Gasteiger partial charge in [-0.1, -0.05) is 19.1 Å². The fraction of sp³-hybridized carbons (Fsp3) is 0.556. The van der Waals surface area contributed by atoms with Crippen LogP contribution in [0.15, 0.2) is 29.2 Å². The summed E-state index contributed by atoms with van der Waals surface area (Å²) in [5, 5.41) is 5.74. The Labute approximate surface area is 158 Å². The van der Waals surface area contributed by atoms with Crippen molar-refractivity contribution in [3.05, 3.63) is 24.3 Å². The van der Waals surface area contributed by atoms with Gasteiger partial charge in [0.25, 0.3) is 0 Å². The van der Waals surface area contributed by atoms with Gasteiger partial charge < -0.3 is 15.5 Å². The number of thioether (sulfide) groups is 1. The van der Waals surface area contributed by atoms with Gasteiger partial charge >= 0.3 is 6.03 Å². The van der Waals surface area contributed by atoms with Gasteiger partial charge in [0.1, 0.15) is 6.04 Å². The Morgan fingerprint density at radius 1 is 1.31 bits per heavy atom. The molecule has 0 radical (unpaired) electrons. The summed E-state index contributed by atoms with van der Waals surface area (Å²) in [6.07, 6.45) is 1.91. The minimum Gasteiger partial charge on any atom is -0.358 e. The van der Waals surface area contributed by atoms with E-state index in [9.17, 15) is 9.59 Å². The predicted molar refractivity (Wildman–Crippen MR) is 104 cm³/mol. The zero-order chi connectivity index (χ0) is 18.5. The standard InChI is InChI=1S/C18H27N5O2S/c1-3-10-26-15-7-5-4-6-14(15)20-18(25)23-9-8-13-12(11-23)16(22-21-13)17(24)19-2/h4-7,12-13,16,21-22H,3,8-11H2,1-2H3,(H,19,24)(H,20,25). The zero-order valence-electron chi connectivity index (χ0n) is 15.2. The third-order valence-electron chi connectivity index (χ3n) is 4.92. The van der Waals surface area contributed by atoms with Crippen molar-refractivity contribution in [1.29, 1.82) is 0 Å². The summed E-state index contributed by atoms with van der Waals surface area (Å²) in [7, 11) is 1.63. The van der Waals surface area contributed by atoms with E-state index in [1.807, 2.05) is 29.2 Å². The molecule has 8 heteroatoms. The lowest BCUT2D eigenvalue weighted by Gasteiger charge is -2.35. The maximum absolute atomic E-state index is 12.8. The van der Waals surface area contributed by atoms with Gasteiger partial charge in [-0.15, -0.1) is 11.8 Å². The average Bonchev–Trinajstić information content (AvgIpc) is 3.09. The number of carbonyl (C=O) groups excluding carboxylic acids is 2. The van der Waals surface area contributed by atoms with Gasteiger partial charge in [0, 0.05) is 37.0 Å². The van der Waals surface area contributed by atoms with Crippen molar-refractivity contribution in [2.75, 3.05) is 31.2 Å². The van der Waals surface area contributed by atoms with Crippen molar-refractivity contribution in [1.82, 2.24) is 21.1 Å². The van der Waals surface area contributed by atoms with Crippen LogP contribution in [-0.4, -0.2) is 54.8 Å². The molecule has 2 aliphatic rings. The molecule has 3 unspecified atom stereocenters. The Morgan fingerprint density at radius 3 is 2.88 bits per heavy atom. The molecule has 0 aromatic heterocycles. The number of carbonyl (C=O) groups is 2. The maximum Gasteiger partial charge on any atom is 0.321 e. The third kappa shape index (κ3) is 4.13. The molecule has 3 atom stereocenters. The normalized spacial score (nSPS) is 24.8. The van der Waals surface area contributed by atoms with Gasteiger partial charge in [0.05, 0.1) is 5.69 Å². The summed E-state index contributed by atoms with van der Waals surface area (Å²) in [6.45, 7) is 3.37. The number of likely N-dealkylation sites (tertiary alicyclic amines) is 1. The number of hydrogen-bond acceptors (Lipinski definition) is 5. The molecule has 2 fully saturated rings. The fourth-order valence-corrected chi connectivity index (χ4v) is 4.38. The number of nitrogens with one attached hydrogen (secondary N) is 4. The summed E-state index contributed by atoms with van der Waals surface area (Å²) in [6, 6.07) is 7.70. The first-order valence-corrected chi connectivity index (χ1v) is 10.1. The highest BCUT2D eigenvalue weighted by Crippen LogP contribution is 2.29. The molecule has 3 amide bonds. The Balaban J connectivity index is 1.65. The molecule has 0 spiro atoms. The Morgan fingerprint density at radius 2 is 2.12 bits per heavy atom. The lowest BCUT2D eigenvalue weighted by atomic mass is 9.88. The molecule has 26 heavy (non-hydrogen) atoms. The highest BCUT2D eigenvalue weighted by atomic mass is 32.2. The number of urea groups is 1.